The van der Waals surface area contributed by atoms with Gasteiger partial charge in [0.25, 0.3) is 23.4 Å². The Morgan fingerprint density at radius 2 is 1.72 bits per heavy atom. The lowest BCUT2D eigenvalue weighted by Crippen LogP contribution is -2.54. The Kier molecular flexibility index (Phi) is 8.41. The maximum atomic E-state index is 13.3. The van der Waals surface area contributed by atoms with E-state index < -0.39 is 22.8 Å². The zero-order valence-corrected chi connectivity index (χ0v) is 26.8. The molecule has 2 N–H and O–H groups in total. The minimum absolute atomic E-state index is 0.229. The lowest BCUT2D eigenvalue weighted by Gasteiger charge is -2.26. The third-order valence-electron chi connectivity index (χ3n) is 7.48. The highest BCUT2D eigenvalue weighted by molar-refractivity contribution is 8.01. The largest absolute Gasteiger partial charge is 0.335 e. The summed E-state index contributed by atoms with van der Waals surface area (Å²) >= 11 is 2.42. The van der Waals surface area contributed by atoms with Gasteiger partial charge in [0.15, 0.2) is 4.34 Å². The van der Waals surface area contributed by atoms with E-state index in [1.807, 2.05) is 32.9 Å². The van der Waals surface area contributed by atoms with E-state index in [1.54, 1.807) is 54.6 Å². The highest BCUT2D eigenvalue weighted by atomic mass is 32.2. The maximum absolute atomic E-state index is 13.3. The van der Waals surface area contributed by atoms with Gasteiger partial charge in [-0.15, -0.1) is 11.3 Å². The molecule has 0 bridgehead atoms. The molecule has 1 aliphatic heterocycles. The van der Waals surface area contributed by atoms with Gasteiger partial charge in [-0.25, -0.2) is 14.7 Å². The molecule has 234 valence electrons. The van der Waals surface area contributed by atoms with Gasteiger partial charge < -0.3 is 5.32 Å². The Hall–Kier alpha value is -5.66. The summed E-state index contributed by atoms with van der Waals surface area (Å²) in [5.41, 5.74) is 4.59. The summed E-state index contributed by atoms with van der Waals surface area (Å²) in [6.07, 6.45) is 1.23. The van der Waals surface area contributed by atoms with Crippen LogP contribution in [0.15, 0.2) is 93.7 Å². The number of benzene rings is 4. The average Bonchev–Trinajstić information content (AvgIpc) is 3.43. The van der Waals surface area contributed by atoms with Crippen LogP contribution in [-0.2, 0) is 9.59 Å². The summed E-state index contributed by atoms with van der Waals surface area (Å²) in [6, 6.07) is 21.0. The van der Waals surface area contributed by atoms with Gasteiger partial charge in [0, 0.05) is 17.3 Å². The maximum Gasteiger partial charge on any atom is 0.335 e. The fraction of sp³-hybridized carbons (Fsp3) is 0.0882. The standard InChI is InChI=1S/C34H25N5O6S2/c1-18-4-8-22(9-5-18)30(40)35-23-10-12-26-29(17-23)47-34(36-26)46-28-13-7-21(16-27(28)39(44)45)15-25-31(41)37-33(43)38(32(25)42)24-11-6-19(2)20(3)14-24/h4-17H,1-3H3,(H,35,40)(H,37,41,43)/b25-15+. The van der Waals surface area contributed by atoms with Crippen LogP contribution in [0.25, 0.3) is 16.3 Å². The molecule has 0 saturated carbocycles. The lowest BCUT2D eigenvalue weighted by atomic mass is 10.0. The van der Waals surface area contributed by atoms with E-state index in [-0.39, 0.29) is 22.7 Å². The van der Waals surface area contributed by atoms with E-state index in [9.17, 15) is 29.3 Å². The average molecular weight is 664 g/mol. The Bertz CT molecular complexity index is 2170. The number of aromatic nitrogens is 1. The number of nitrogens with zero attached hydrogens (tertiary/aromatic N) is 3. The van der Waals surface area contributed by atoms with Crippen LogP contribution >= 0.6 is 23.1 Å². The summed E-state index contributed by atoms with van der Waals surface area (Å²) in [5, 5.41) is 17.1. The first kappa shape index (κ1) is 31.3. The van der Waals surface area contributed by atoms with Crippen molar-refractivity contribution in [3.63, 3.8) is 0 Å². The molecule has 6 rings (SSSR count). The van der Waals surface area contributed by atoms with Crippen LogP contribution < -0.4 is 15.5 Å². The SMILES string of the molecule is Cc1ccc(C(=O)Nc2ccc3nc(Sc4ccc(/C=C5\C(=O)NC(=O)N(c6ccc(C)c(C)c6)C5=O)cc4[N+](=O)[O-])sc3c2)cc1. The van der Waals surface area contributed by atoms with Crippen molar-refractivity contribution in [1.82, 2.24) is 10.3 Å². The van der Waals surface area contributed by atoms with Crippen LogP contribution in [0.4, 0.5) is 21.9 Å². The van der Waals surface area contributed by atoms with Crippen LogP contribution in [-0.4, -0.2) is 33.7 Å². The van der Waals surface area contributed by atoms with Crippen LogP contribution in [0, 0.1) is 30.9 Å². The highest BCUT2D eigenvalue weighted by Crippen LogP contribution is 2.40. The number of fused-ring (bicyclic) bond motifs is 1. The highest BCUT2D eigenvalue weighted by Gasteiger charge is 2.37. The van der Waals surface area contributed by atoms with Crippen LogP contribution in [0.2, 0.25) is 0 Å². The molecule has 4 aromatic carbocycles. The number of barbiturate groups is 1. The fourth-order valence-corrected chi connectivity index (χ4v) is 6.95. The Morgan fingerprint density at radius 1 is 0.957 bits per heavy atom. The number of aryl methyl sites for hydroxylation is 3. The van der Waals surface area contributed by atoms with Gasteiger partial charge in [-0.3, -0.25) is 29.8 Å². The van der Waals surface area contributed by atoms with E-state index in [0.29, 0.717) is 31.7 Å². The normalized spacial score (nSPS) is 14.1. The minimum atomic E-state index is -0.898. The molecule has 47 heavy (non-hydrogen) atoms. The Morgan fingerprint density at radius 3 is 2.45 bits per heavy atom. The number of nitro groups is 1. The summed E-state index contributed by atoms with van der Waals surface area (Å²) in [7, 11) is 0. The van der Waals surface area contributed by atoms with E-state index in [0.717, 1.165) is 38.1 Å². The number of anilines is 2. The molecular weight excluding hydrogens is 639 g/mol. The number of nitrogens with one attached hydrogen (secondary N) is 2. The van der Waals surface area contributed by atoms with Crippen molar-refractivity contribution in [2.45, 2.75) is 30.0 Å². The monoisotopic (exact) mass is 663 g/mol. The number of nitro benzene ring substituents is 1. The lowest BCUT2D eigenvalue weighted by molar-refractivity contribution is -0.387. The van der Waals surface area contributed by atoms with Crippen molar-refractivity contribution in [2.75, 3.05) is 10.2 Å². The number of carbonyl (C=O) groups excluding carboxylic acids is 4. The Balaban J connectivity index is 1.24. The first-order chi connectivity index (χ1) is 22.5. The fourth-order valence-electron chi connectivity index (χ4n) is 4.80. The molecule has 0 aliphatic carbocycles. The van der Waals surface area contributed by atoms with Gasteiger partial charge in [0.2, 0.25) is 0 Å². The number of hydrogen-bond acceptors (Lipinski definition) is 9. The first-order valence-electron chi connectivity index (χ1n) is 14.2. The number of amides is 5. The van der Waals surface area contributed by atoms with Gasteiger partial charge >= 0.3 is 6.03 Å². The molecule has 0 radical (unpaired) electrons. The van der Waals surface area contributed by atoms with Gasteiger partial charge in [-0.1, -0.05) is 41.6 Å². The second kappa shape index (κ2) is 12.6. The molecule has 11 nitrogen and oxygen atoms in total. The Labute approximate surface area is 276 Å². The van der Waals surface area contributed by atoms with E-state index >= 15 is 0 Å². The molecule has 0 atom stereocenters. The summed E-state index contributed by atoms with van der Waals surface area (Å²) in [5.74, 6) is -1.98. The number of thiazole rings is 1. The molecule has 0 spiro atoms. The second-order valence-electron chi connectivity index (χ2n) is 10.8. The van der Waals surface area contributed by atoms with Crippen molar-refractivity contribution < 1.29 is 24.1 Å². The zero-order valence-electron chi connectivity index (χ0n) is 25.2. The molecule has 13 heteroatoms. The van der Waals surface area contributed by atoms with Crippen LogP contribution in [0.5, 0.6) is 0 Å². The molecule has 1 aliphatic rings. The minimum Gasteiger partial charge on any atom is -0.322 e. The molecular formula is C34H25N5O6S2. The molecule has 1 aromatic heterocycles. The number of rotatable bonds is 7. The van der Waals surface area contributed by atoms with E-state index in [2.05, 4.69) is 15.6 Å². The van der Waals surface area contributed by atoms with Crippen molar-refractivity contribution in [2.24, 2.45) is 0 Å². The number of imide groups is 2. The quantitative estimate of drug-likeness (QED) is 0.0803. The molecule has 0 unspecified atom stereocenters. The topological polar surface area (TPSA) is 152 Å². The molecule has 2 heterocycles. The number of urea groups is 1. The van der Waals surface area contributed by atoms with Gasteiger partial charge in [-0.05, 0) is 92.1 Å². The van der Waals surface area contributed by atoms with Crippen molar-refractivity contribution >= 4 is 80.2 Å². The molecule has 1 fully saturated rings. The van der Waals surface area contributed by atoms with Crippen LogP contribution in [0.1, 0.15) is 32.6 Å². The predicted octanol–water partition coefficient (Wildman–Crippen LogP) is 7.20. The molecule has 5 amide bonds. The second-order valence-corrected chi connectivity index (χ2v) is 13.1. The number of hydrogen-bond donors (Lipinski definition) is 2. The molecule has 5 aromatic rings. The van der Waals surface area contributed by atoms with Gasteiger partial charge in [-0.2, -0.15) is 0 Å². The van der Waals surface area contributed by atoms with Crippen molar-refractivity contribution in [1.29, 1.82) is 0 Å². The summed E-state index contributed by atoms with van der Waals surface area (Å²) < 4.78 is 1.32. The third kappa shape index (κ3) is 6.52. The van der Waals surface area contributed by atoms with Gasteiger partial charge in [0.05, 0.1) is 25.7 Å². The first-order valence-corrected chi connectivity index (χ1v) is 15.8. The van der Waals surface area contributed by atoms with Crippen molar-refractivity contribution in [3.05, 3.63) is 122 Å². The summed E-state index contributed by atoms with van der Waals surface area (Å²) in [6.45, 7) is 5.67. The smallest absolute Gasteiger partial charge is 0.322 e. The molecule has 1 saturated heterocycles. The summed E-state index contributed by atoms with van der Waals surface area (Å²) in [4.78, 5) is 68.6. The third-order valence-corrected chi connectivity index (χ3v) is 9.62. The van der Waals surface area contributed by atoms with Gasteiger partial charge in [0.1, 0.15) is 5.57 Å². The zero-order chi connectivity index (χ0) is 33.4. The van der Waals surface area contributed by atoms with Crippen LogP contribution in [0.3, 0.4) is 0 Å². The number of carbonyl (C=O) groups is 4. The van der Waals surface area contributed by atoms with Crippen molar-refractivity contribution in [3.8, 4) is 0 Å². The van der Waals surface area contributed by atoms with E-state index in [1.165, 1.54) is 29.5 Å². The predicted molar refractivity (Wildman–Crippen MR) is 181 cm³/mol. The van der Waals surface area contributed by atoms with E-state index in [4.69, 9.17) is 0 Å².